The van der Waals surface area contributed by atoms with Gasteiger partial charge in [0, 0.05) is 29.3 Å². The first-order chi connectivity index (χ1) is 23.3. The van der Waals surface area contributed by atoms with Crippen molar-refractivity contribution in [1.29, 1.82) is 0 Å². The lowest BCUT2D eigenvalue weighted by Crippen LogP contribution is -2.20. The third-order valence-corrected chi connectivity index (χ3v) is 11.1. The summed E-state index contributed by atoms with van der Waals surface area (Å²) in [6.07, 6.45) is 9.98. The van der Waals surface area contributed by atoms with E-state index in [9.17, 15) is 1.37 Å². The van der Waals surface area contributed by atoms with Gasteiger partial charge in [0.05, 0.1) is 5.69 Å². The maximum absolute atomic E-state index is 9.21. The highest BCUT2D eigenvalue weighted by molar-refractivity contribution is 6.18. The zero-order valence-electron chi connectivity index (χ0n) is 28.4. The number of para-hydroxylation sites is 1. The number of aromatic nitrogens is 1. The second-order valence-electron chi connectivity index (χ2n) is 14.6. The second-order valence-corrected chi connectivity index (χ2v) is 14.6. The Kier molecular flexibility index (Phi) is 6.55. The van der Waals surface area contributed by atoms with Gasteiger partial charge in [-0.05, 0) is 131 Å². The van der Waals surface area contributed by atoms with E-state index < -0.39 is 5.89 Å². The molecule has 5 aromatic carbocycles. The third-order valence-electron chi connectivity index (χ3n) is 11.1. The summed E-state index contributed by atoms with van der Waals surface area (Å²) < 4.78 is 16.2. The van der Waals surface area contributed by atoms with Crippen molar-refractivity contribution >= 4 is 32.7 Å². The number of fused-ring (bicyclic) bond motifs is 3. The third kappa shape index (κ3) is 5.15. The average Bonchev–Trinajstić information content (AvgIpc) is 3.50. The fraction of sp³-hybridized carbons (Fsp3) is 0.267. The van der Waals surface area contributed by atoms with Gasteiger partial charge in [-0.1, -0.05) is 92.7 Å². The molecule has 0 saturated heterocycles. The molecule has 2 nitrogen and oxygen atoms in total. The van der Waals surface area contributed by atoms with E-state index >= 15 is 0 Å². The van der Waals surface area contributed by atoms with Gasteiger partial charge in [0.1, 0.15) is 11.2 Å². The minimum absolute atomic E-state index is 0.346. The van der Waals surface area contributed by atoms with Gasteiger partial charge in [0.2, 0.25) is 0 Å². The predicted molar refractivity (Wildman–Crippen MR) is 196 cm³/mol. The Labute approximate surface area is 278 Å². The van der Waals surface area contributed by atoms with Gasteiger partial charge >= 0.3 is 0 Å². The lowest BCUT2D eigenvalue weighted by Gasteiger charge is -2.34. The SMILES string of the molecule is [2H]C1(c2ccc(-c3ccnc(-c4cccc5c4oc4c5ccc5c6ccc(c54)CCc4ccc(cc4)CC6)c3)cc2)CCC(C)(C)CC1. The van der Waals surface area contributed by atoms with Gasteiger partial charge in [0.15, 0.2) is 0 Å². The van der Waals surface area contributed by atoms with Crippen LogP contribution >= 0.6 is 0 Å². The van der Waals surface area contributed by atoms with E-state index in [2.05, 4.69) is 117 Å². The number of hydrogen-bond acceptors (Lipinski definition) is 2. The van der Waals surface area contributed by atoms with Crippen LogP contribution in [0.2, 0.25) is 0 Å². The Hall–Kier alpha value is -4.69. The van der Waals surface area contributed by atoms with E-state index in [1.165, 1.54) is 33.0 Å². The van der Waals surface area contributed by atoms with Crippen molar-refractivity contribution in [1.82, 2.24) is 4.98 Å². The van der Waals surface area contributed by atoms with Crippen molar-refractivity contribution in [2.45, 2.75) is 71.1 Å². The molecule has 12 rings (SSSR count). The molecule has 5 aliphatic rings. The zero-order valence-corrected chi connectivity index (χ0v) is 27.4. The maximum Gasteiger partial charge on any atom is 0.144 e. The summed E-state index contributed by atoms with van der Waals surface area (Å²) in [7, 11) is 0. The van der Waals surface area contributed by atoms with E-state index in [1.807, 2.05) is 6.20 Å². The maximum atomic E-state index is 9.21. The van der Waals surface area contributed by atoms with Crippen LogP contribution in [0.15, 0.2) is 114 Å². The van der Waals surface area contributed by atoms with Crippen molar-refractivity contribution in [3.05, 3.63) is 137 Å². The van der Waals surface area contributed by atoms with Crippen molar-refractivity contribution in [2.75, 3.05) is 0 Å². The molecule has 0 radical (unpaired) electrons. The summed E-state index contributed by atoms with van der Waals surface area (Å²) >= 11 is 0. The molecule has 0 N–H and O–H groups in total. The molecular formula is C45H41NO. The molecule has 0 spiro atoms. The second kappa shape index (κ2) is 11.2. The summed E-state index contributed by atoms with van der Waals surface area (Å²) in [6.45, 7) is 4.67. The van der Waals surface area contributed by atoms with Crippen LogP contribution in [0.25, 0.3) is 55.1 Å². The molecule has 0 unspecified atom stereocenters. The molecule has 2 aromatic heterocycles. The fourth-order valence-electron chi connectivity index (χ4n) is 8.05. The number of hydrogen-bond donors (Lipinski definition) is 0. The van der Waals surface area contributed by atoms with E-state index in [0.717, 1.165) is 101 Å². The first-order valence-corrected chi connectivity index (χ1v) is 17.4. The monoisotopic (exact) mass is 612 g/mol. The average molecular weight is 613 g/mol. The number of benzene rings is 5. The fourth-order valence-corrected chi connectivity index (χ4v) is 8.05. The van der Waals surface area contributed by atoms with Gasteiger partial charge in [-0.2, -0.15) is 0 Å². The first kappa shape index (κ1) is 27.4. The highest BCUT2D eigenvalue weighted by Gasteiger charge is 2.27. The van der Waals surface area contributed by atoms with Crippen molar-refractivity contribution in [3.63, 3.8) is 0 Å². The standard InChI is InChI=1S/C45H41NO/c1-45(2)25-22-33(23-26-45)31-14-16-32(17-15-31)36-24-27-46-41(28-36)40-5-3-4-38-39-21-20-37-34-12-10-29-6-8-30(9-7-29)11-13-35(19-18-34)42(37)44(39)47-43(38)40/h3-9,14-21,24,27-28,33H,10-13,22-23,25-26H2,1-2H3/i33D. The molecule has 232 valence electrons. The van der Waals surface area contributed by atoms with Crippen LogP contribution in [-0.2, 0) is 25.7 Å². The van der Waals surface area contributed by atoms with Crippen LogP contribution in [0.4, 0.5) is 0 Å². The minimum atomic E-state index is -0.486. The number of aryl methyl sites for hydroxylation is 4. The van der Waals surface area contributed by atoms with Gasteiger partial charge in [-0.15, -0.1) is 0 Å². The largest absolute Gasteiger partial charge is 0.455 e. The van der Waals surface area contributed by atoms with Crippen molar-refractivity contribution in [3.8, 4) is 22.4 Å². The van der Waals surface area contributed by atoms with E-state index in [1.54, 1.807) is 0 Å². The Morgan fingerprint density at radius 3 is 2.11 bits per heavy atom. The molecular weight excluding hydrogens is 571 g/mol. The van der Waals surface area contributed by atoms with Gasteiger partial charge < -0.3 is 4.42 Å². The first-order valence-electron chi connectivity index (χ1n) is 17.9. The van der Waals surface area contributed by atoms with E-state index in [4.69, 9.17) is 9.40 Å². The Balaban J connectivity index is 1.11. The van der Waals surface area contributed by atoms with E-state index in [-0.39, 0.29) is 0 Å². The molecule has 2 heteroatoms. The number of pyridine rings is 1. The topological polar surface area (TPSA) is 26.0 Å². The lowest BCUT2D eigenvalue weighted by molar-refractivity contribution is 0.224. The number of nitrogens with zero attached hydrogens (tertiary/aromatic N) is 1. The van der Waals surface area contributed by atoms with Crippen LogP contribution < -0.4 is 0 Å². The molecule has 1 fully saturated rings. The predicted octanol–water partition coefficient (Wildman–Crippen LogP) is 12.0. The Morgan fingerprint density at radius 1 is 0.660 bits per heavy atom. The highest BCUT2D eigenvalue weighted by atomic mass is 16.3. The van der Waals surface area contributed by atoms with E-state index in [0.29, 0.717) is 5.41 Å². The summed E-state index contributed by atoms with van der Waals surface area (Å²) in [5.41, 5.74) is 13.0. The molecule has 47 heavy (non-hydrogen) atoms. The number of rotatable bonds is 3. The Bertz CT molecular complexity index is 2320. The molecule has 0 amide bonds. The quantitative estimate of drug-likeness (QED) is 0.198. The molecule has 1 saturated carbocycles. The van der Waals surface area contributed by atoms with Crippen LogP contribution in [-0.4, -0.2) is 4.98 Å². The summed E-state index contributed by atoms with van der Waals surface area (Å²) in [5.74, 6) is -0.486. The van der Waals surface area contributed by atoms with Crippen LogP contribution in [0, 0.1) is 5.41 Å². The molecule has 2 heterocycles. The highest BCUT2D eigenvalue weighted by Crippen LogP contribution is 2.43. The summed E-state index contributed by atoms with van der Waals surface area (Å²) in [6, 6.07) is 37.9. The zero-order chi connectivity index (χ0) is 32.5. The van der Waals surface area contributed by atoms with Gasteiger partial charge in [-0.25, -0.2) is 0 Å². The molecule has 4 bridgehead atoms. The molecule has 0 atom stereocenters. The minimum Gasteiger partial charge on any atom is -0.455 e. The van der Waals surface area contributed by atoms with Crippen LogP contribution in [0.1, 0.15) is 74.6 Å². The summed E-state index contributed by atoms with van der Waals surface area (Å²) in [4.78, 5) is 4.86. The van der Waals surface area contributed by atoms with Crippen molar-refractivity contribution in [2.24, 2.45) is 5.41 Å². The van der Waals surface area contributed by atoms with Crippen LogP contribution in [0.3, 0.4) is 0 Å². The summed E-state index contributed by atoms with van der Waals surface area (Å²) in [5, 5.41) is 4.86. The van der Waals surface area contributed by atoms with Gasteiger partial charge in [0.25, 0.3) is 0 Å². The number of furan rings is 1. The Morgan fingerprint density at radius 2 is 1.34 bits per heavy atom. The normalized spacial score (nSPS) is 17.5. The molecule has 0 aliphatic heterocycles. The molecule has 5 aliphatic carbocycles. The van der Waals surface area contributed by atoms with Crippen LogP contribution in [0.5, 0.6) is 0 Å². The lowest BCUT2D eigenvalue weighted by atomic mass is 9.71. The molecule has 7 aromatic rings. The van der Waals surface area contributed by atoms with Crippen molar-refractivity contribution < 1.29 is 5.79 Å². The smallest absolute Gasteiger partial charge is 0.144 e. The van der Waals surface area contributed by atoms with Gasteiger partial charge in [-0.3, -0.25) is 4.98 Å².